The molecular weight excluding hydrogens is 106 g/mol. The van der Waals surface area contributed by atoms with E-state index >= 15 is 0 Å². The van der Waals surface area contributed by atoms with Crippen LogP contribution >= 0.6 is 0 Å². The summed E-state index contributed by atoms with van der Waals surface area (Å²) >= 11 is 0. The summed E-state index contributed by atoms with van der Waals surface area (Å²) in [5, 5.41) is 16.5. The minimum absolute atomic E-state index is 0.0810. The summed E-state index contributed by atoms with van der Waals surface area (Å²) in [5.41, 5.74) is 4.50. The summed E-state index contributed by atoms with van der Waals surface area (Å²) in [7, 11) is 1.50. The van der Waals surface area contributed by atoms with Gasteiger partial charge in [-0.2, -0.15) is 0 Å². The van der Waals surface area contributed by atoms with Crippen molar-refractivity contribution in [2.75, 3.05) is 13.7 Å². The Hall–Kier alpha value is -0.120. The molecule has 0 aliphatic carbocycles. The molecule has 4 N–H and O–H groups in total. The van der Waals surface area contributed by atoms with E-state index in [9.17, 15) is 0 Å². The van der Waals surface area contributed by atoms with E-state index in [-0.39, 0.29) is 12.7 Å². The van der Waals surface area contributed by atoms with E-state index in [1.165, 1.54) is 7.05 Å². The monoisotopic (exact) mass is 121 g/mol. The molecular formula is C5H15NO2. The molecule has 1 atom stereocenters. The Morgan fingerprint density at radius 3 is 1.88 bits per heavy atom. The highest BCUT2D eigenvalue weighted by atomic mass is 16.3. The van der Waals surface area contributed by atoms with Crippen molar-refractivity contribution in [3.8, 4) is 0 Å². The minimum Gasteiger partial charge on any atom is -0.396 e. The van der Waals surface area contributed by atoms with Gasteiger partial charge in [0.1, 0.15) is 0 Å². The van der Waals surface area contributed by atoms with E-state index in [1.54, 1.807) is 6.92 Å². The van der Waals surface area contributed by atoms with Crippen molar-refractivity contribution >= 4 is 0 Å². The summed E-state index contributed by atoms with van der Waals surface area (Å²) in [6.45, 7) is 1.73. The van der Waals surface area contributed by atoms with Gasteiger partial charge in [0.2, 0.25) is 0 Å². The first-order valence-corrected chi connectivity index (χ1v) is 2.64. The second kappa shape index (κ2) is 9.99. The molecule has 0 bridgehead atoms. The summed E-state index contributed by atoms with van der Waals surface area (Å²) in [5.74, 6) is 0. The SMILES string of the molecule is CC(O)CCO.CN. The third-order valence-electron chi connectivity index (χ3n) is 0.547. The number of aliphatic hydroxyl groups is 2. The van der Waals surface area contributed by atoms with Crippen LogP contribution in [0.4, 0.5) is 0 Å². The molecule has 52 valence electrons. The highest BCUT2D eigenvalue weighted by Crippen LogP contribution is 1.83. The molecule has 1 unspecified atom stereocenters. The quantitative estimate of drug-likeness (QED) is 0.453. The van der Waals surface area contributed by atoms with Gasteiger partial charge in [0, 0.05) is 6.61 Å². The molecule has 0 amide bonds. The Morgan fingerprint density at radius 1 is 1.50 bits per heavy atom. The summed E-state index contributed by atoms with van der Waals surface area (Å²) in [6.07, 6.45) is 0.134. The van der Waals surface area contributed by atoms with Gasteiger partial charge in [-0.25, -0.2) is 0 Å². The number of hydrogen-bond donors (Lipinski definition) is 3. The molecule has 0 aromatic heterocycles. The number of nitrogens with two attached hydrogens (primary N) is 1. The summed E-state index contributed by atoms with van der Waals surface area (Å²) in [4.78, 5) is 0. The fraction of sp³-hybridized carbons (Fsp3) is 1.00. The lowest BCUT2D eigenvalue weighted by molar-refractivity contribution is 0.148. The normalized spacial score (nSPS) is 11.6. The Kier molecular flexibility index (Phi) is 13.5. The van der Waals surface area contributed by atoms with Gasteiger partial charge < -0.3 is 15.9 Å². The predicted molar refractivity (Wildman–Crippen MR) is 33.5 cm³/mol. The molecule has 0 radical (unpaired) electrons. The molecule has 8 heavy (non-hydrogen) atoms. The van der Waals surface area contributed by atoms with E-state index in [0.29, 0.717) is 6.42 Å². The first-order chi connectivity index (χ1) is 3.77. The maximum Gasteiger partial charge on any atom is 0.0533 e. The maximum absolute atomic E-state index is 8.39. The highest BCUT2D eigenvalue weighted by Gasteiger charge is 1.88. The van der Waals surface area contributed by atoms with Crippen LogP contribution in [0.25, 0.3) is 0 Å². The number of rotatable bonds is 2. The first kappa shape index (κ1) is 10.8. The van der Waals surface area contributed by atoms with E-state index < -0.39 is 0 Å². The first-order valence-electron chi connectivity index (χ1n) is 2.64. The molecule has 0 heterocycles. The average Bonchev–Trinajstić information content (AvgIpc) is 1.72. The molecule has 0 saturated heterocycles. The van der Waals surface area contributed by atoms with Gasteiger partial charge in [-0.1, -0.05) is 0 Å². The Bertz CT molecular complexity index is 31.6. The number of hydrogen-bond acceptors (Lipinski definition) is 3. The molecule has 0 saturated carbocycles. The second-order valence-corrected chi connectivity index (χ2v) is 1.36. The number of aliphatic hydroxyl groups excluding tert-OH is 2. The lowest BCUT2D eigenvalue weighted by atomic mass is 10.3. The molecule has 0 spiro atoms. The largest absolute Gasteiger partial charge is 0.396 e. The lowest BCUT2D eigenvalue weighted by Crippen LogP contribution is -2.00. The van der Waals surface area contributed by atoms with E-state index in [4.69, 9.17) is 10.2 Å². The minimum atomic E-state index is -0.352. The van der Waals surface area contributed by atoms with Gasteiger partial charge in [0.25, 0.3) is 0 Å². The van der Waals surface area contributed by atoms with Crippen LogP contribution in [0.5, 0.6) is 0 Å². The molecule has 0 fully saturated rings. The zero-order valence-corrected chi connectivity index (χ0v) is 5.46. The van der Waals surface area contributed by atoms with Gasteiger partial charge in [-0.05, 0) is 20.4 Å². The zero-order chi connectivity index (χ0) is 6.99. The Labute approximate surface area is 50.1 Å². The maximum atomic E-state index is 8.39. The predicted octanol–water partition coefficient (Wildman–Crippen LogP) is -0.676. The van der Waals surface area contributed by atoms with Crippen molar-refractivity contribution in [1.29, 1.82) is 0 Å². The van der Waals surface area contributed by atoms with Crippen LogP contribution in [0.2, 0.25) is 0 Å². The van der Waals surface area contributed by atoms with Crippen molar-refractivity contribution < 1.29 is 10.2 Å². The van der Waals surface area contributed by atoms with Crippen LogP contribution in [0, 0.1) is 0 Å². The van der Waals surface area contributed by atoms with Crippen LogP contribution in [0.15, 0.2) is 0 Å². The smallest absolute Gasteiger partial charge is 0.0533 e. The van der Waals surface area contributed by atoms with Crippen molar-refractivity contribution in [3.05, 3.63) is 0 Å². The summed E-state index contributed by atoms with van der Waals surface area (Å²) < 4.78 is 0. The Balaban J connectivity index is 0. The summed E-state index contributed by atoms with van der Waals surface area (Å²) in [6, 6.07) is 0. The van der Waals surface area contributed by atoms with Crippen LogP contribution < -0.4 is 5.73 Å². The van der Waals surface area contributed by atoms with Crippen LogP contribution in [0.1, 0.15) is 13.3 Å². The van der Waals surface area contributed by atoms with Crippen molar-refractivity contribution in [3.63, 3.8) is 0 Å². The standard InChI is InChI=1S/C4H10O2.CH5N/c1-4(6)2-3-5;1-2/h4-6H,2-3H2,1H3;2H2,1H3. The zero-order valence-electron chi connectivity index (χ0n) is 5.46. The average molecular weight is 121 g/mol. The molecule has 3 nitrogen and oxygen atoms in total. The Morgan fingerprint density at radius 2 is 1.88 bits per heavy atom. The lowest BCUT2D eigenvalue weighted by Gasteiger charge is -1.95. The third-order valence-corrected chi connectivity index (χ3v) is 0.547. The van der Waals surface area contributed by atoms with Gasteiger partial charge in [0.15, 0.2) is 0 Å². The fourth-order valence-corrected chi connectivity index (χ4v) is 0.187. The topological polar surface area (TPSA) is 66.5 Å². The van der Waals surface area contributed by atoms with Gasteiger partial charge in [0.05, 0.1) is 6.10 Å². The molecule has 0 aromatic carbocycles. The molecule has 0 aliphatic heterocycles. The van der Waals surface area contributed by atoms with E-state index in [2.05, 4.69) is 5.73 Å². The van der Waals surface area contributed by atoms with Gasteiger partial charge in [-0.3, -0.25) is 0 Å². The van der Waals surface area contributed by atoms with E-state index in [1.807, 2.05) is 0 Å². The third kappa shape index (κ3) is 16.9. The molecule has 3 heteroatoms. The van der Waals surface area contributed by atoms with Gasteiger partial charge >= 0.3 is 0 Å². The second-order valence-electron chi connectivity index (χ2n) is 1.36. The van der Waals surface area contributed by atoms with E-state index in [0.717, 1.165) is 0 Å². The van der Waals surface area contributed by atoms with Crippen LogP contribution in [0.3, 0.4) is 0 Å². The van der Waals surface area contributed by atoms with Crippen LogP contribution in [-0.2, 0) is 0 Å². The van der Waals surface area contributed by atoms with Gasteiger partial charge in [-0.15, -0.1) is 0 Å². The fourth-order valence-electron chi connectivity index (χ4n) is 0.187. The van der Waals surface area contributed by atoms with Crippen LogP contribution in [-0.4, -0.2) is 30.0 Å². The van der Waals surface area contributed by atoms with Crippen molar-refractivity contribution in [2.45, 2.75) is 19.4 Å². The van der Waals surface area contributed by atoms with Crippen molar-refractivity contribution in [1.82, 2.24) is 0 Å². The molecule has 0 aliphatic rings. The highest BCUT2D eigenvalue weighted by molar-refractivity contribution is 4.40. The van der Waals surface area contributed by atoms with Crippen molar-refractivity contribution in [2.24, 2.45) is 5.73 Å². The molecule has 0 aromatic rings. The molecule has 0 rings (SSSR count).